The van der Waals surface area contributed by atoms with Crippen molar-refractivity contribution in [3.05, 3.63) is 59.9 Å². The highest BCUT2D eigenvalue weighted by molar-refractivity contribution is 7.91. The molecule has 1 aromatic carbocycles. The molecule has 12 heteroatoms. The van der Waals surface area contributed by atoms with Crippen molar-refractivity contribution in [3.63, 3.8) is 0 Å². The molecule has 0 radical (unpaired) electrons. The van der Waals surface area contributed by atoms with Crippen LogP contribution in [0.5, 0.6) is 0 Å². The number of pyridine rings is 1. The second-order valence-electron chi connectivity index (χ2n) is 9.85. The van der Waals surface area contributed by atoms with Crippen LogP contribution in [0.1, 0.15) is 11.3 Å². The average molecular weight is 507 g/mol. The lowest BCUT2D eigenvalue weighted by Gasteiger charge is -2.16. The molecule has 0 bridgehead atoms. The van der Waals surface area contributed by atoms with E-state index in [0.717, 1.165) is 5.56 Å². The molecular weight excluding hydrogens is 487 g/mol. The van der Waals surface area contributed by atoms with E-state index in [1.807, 2.05) is 0 Å². The summed E-state index contributed by atoms with van der Waals surface area (Å²) in [6, 6.07) is 8.52. The fraction of sp³-hybridized carbons (Fsp3) is 0.375. The number of aromatic nitrogens is 4. The number of fused-ring (bicyclic) bond motifs is 4. The quantitative estimate of drug-likeness (QED) is 0.524. The first-order valence-corrected chi connectivity index (χ1v) is 13.4. The molecule has 3 fully saturated rings. The van der Waals surface area contributed by atoms with Crippen LogP contribution in [0.4, 0.5) is 14.9 Å². The van der Waals surface area contributed by atoms with Crippen LogP contribution >= 0.6 is 0 Å². The summed E-state index contributed by atoms with van der Waals surface area (Å²) in [6.07, 6.45) is 4.32. The van der Waals surface area contributed by atoms with E-state index < -0.39 is 33.3 Å². The lowest BCUT2D eigenvalue weighted by Crippen LogP contribution is -2.35. The van der Waals surface area contributed by atoms with Gasteiger partial charge in [0.25, 0.3) is 0 Å². The highest BCUT2D eigenvalue weighted by Gasteiger charge is 2.72. The second kappa shape index (κ2) is 7.10. The van der Waals surface area contributed by atoms with Crippen LogP contribution in [0.15, 0.2) is 42.9 Å². The highest BCUT2D eigenvalue weighted by Crippen LogP contribution is 2.63. The second-order valence-corrected chi connectivity index (χ2v) is 12.0. The number of rotatable bonds is 4. The van der Waals surface area contributed by atoms with Crippen molar-refractivity contribution in [2.24, 2.45) is 11.8 Å². The molecule has 3 unspecified atom stereocenters. The van der Waals surface area contributed by atoms with Crippen molar-refractivity contribution in [1.29, 1.82) is 5.26 Å². The molecule has 1 aliphatic carbocycles. The van der Waals surface area contributed by atoms with Crippen LogP contribution < -0.4 is 4.90 Å². The monoisotopic (exact) mass is 506 g/mol. The molecule has 2 aromatic heterocycles. The Morgan fingerprint density at radius 2 is 2.06 bits per heavy atom. The van der Waals surface area contributed by atoms with E-state index in [0.29, 0.717) is 35.5 Å². The van der Waals surface area contributed by atoms with E-state index in [4.69, 9.17) is 4.74 Å². The normalized spacial score (nSPS) is 30.9. The highest BCUT2D eigenvalue weighted by atomic mass is 32.2. The Morgan fingerprint density at radius 3 is 2.72 bits per heavy atom. The molecular formula is C24H19FN6O4S. The smallest absolute Gasteiger partial charge is 0.415 e. The van der Waals surface area contributed by atoms with Gasteiger partial charge in [0.15, 0.2) is 9.84 Å². The largest absolute Gasteiger partial charge is 0.442 e. The van der Waals surface area contributed by atoms with Crippen LogP contribution in [0.2, 0.25) is 0 Å². The van der Waals surface area contributed by atoms with E-state index in [2.05, 4.69) is 21.4 Å². The van der Waals surface area contributed by atoms with Crippen molar-refractivity contribution in [1.82, 2.24) is 20.0 Å². The zero-order valence-electron chi connectivity index (χ0n) is 18.8. The Bertz CT molecular complexity index is 1550. The van der Waals surface area contributed by atoms with Crippen molar-refractivity contribution < 1.29 is 22.3 Å². The SMILES string of the molecule is N#CC1(c2ccc(-c3cc4c(cc3F)N3C(=O)OC(Cn5ccnn5)[C@@H]3C4)cn2)C2CS(=O)(=O)CC21. The number of nitrogens with zero attached hydrogens (tertiary/aromatic N) is 6. The third-order valence-electron chi connectivity index (χ3n) is 8.00. The van der Waals surface area contributed by atoms with Gasteiger partial charge in [0.2, 0.25) is 0 Å². The molecule has 7 rings (SSSR count). The summed E-state index contributed by atoms with van der Waals surface area (Å²) in [4.78, 5) is 18.5. The minimum Gasteiger partial charge on any atom is -0.442 e. The third kappa shape index (κ3) is 2.89. The summed E-state index contributed by atoms with van der Waals surface area (Å²) < 4.78 is 46.1. The number of hydrogen-bond donors (Lipinski definition) is 0. The first kappa shape index (κ1) is 21.4. The Kier molecular flexibility index (Phi) is 4.23. The molecule has 10 nitrogen and oxygen atoms in total. The Hall–Kier alpha value is -3.85. The van der Waals surface area contributed by atoms with Crippen LogP contribution in [-0.2, 0) is 33.0 Å². The number of halogens is 1. The molecule has 3 aromatic rings. The minimum atomic E-state index is -3.10. The molecule has 0 N–H and O–H groups in total. The van der Waals surface area contributed by atoms with Gasteiger partial charge in [-0.3, -0.25) is 9.88 Å². The van der Waals surface area contributed by atoms with Gasteiger partial charge in [0, 0.05) is 35.4 Å². The standard InChI is InChI=1S/C24H19FN6O4S/c25-18-7-19-14(6-20-21(35-23(32)31(19)20)9-30-4-3-28-29-30)5-15(18)13-1-2-22(27-8-13)24(12-26)16-10-36(33,34)11-17(16)24/h1-5,7-8,16-17,20-21H,6,9-11H2/t16?,17?,20-,21?,24?/m0/s1. The van der Waals surface area contributed by atoms with Gasteiger partial charge in [0.1, 0.15) is 17.3 Å². The van der Waals surface area contributed by atoms with Gasteiger partial charge in [-0.05, 0) is 30.2 Å². The summed E-state index contributed by atoms with van der Waals surface area (Å²) >= 11 is 0. The number of sulfone groups is 1. The molecule has 5 heterocycles. The van der Waals surface area contributed by atoms with E-state index in [1.165, 1.54) is 17.2 Å². The van der Waals surface area contributed by atoms with E-state index in [9.17, 15) is 18.5 Å². The van der Waals surface area contributed by atoms with Crippen LogP contribution in [0, 0.1) is 29.0 Å². The van der Waals surface area contributed by atoms with Gasteiger partial charge in [-0.25, -0.2) is 22.3 Å². The molecule has 36 heavy (non-hydrogen) atoms. The number of amides is 1. The molecule has 1 amide bonds. The summed E-state index contributed by atoms with van der Waals surface area (Å²) in [5, 5.41) is 17.5. The molecule has 182 valence electrons. The van der Waals surface area contributed by atoms with Crippen LogP contribution in [-0.4, -0.2) is 58.1 Å². The summed E-state index contributed by atoms with van der Waals surface area (Å²) in [5.74, 6) is -0.957. The first-order chi connectivity index (χ1) is 17.3. The van der Waals surface area contributed by atoms with Gasteiger partial charge in [0.05, 0.1) is 47.7 Å². The van der Waals surface area contributed by atoms with Crippen molar-refractivity contribution in [2.75, 3.05) is 16.4 Å². The maximum atomic E-state index is 15.3. The maximum absolute atomic E-state index is 15.3. The Balaban J connectivity index is 1.17. The van der Waals surface area contributed by atoms with Crippen LogP contribution in [0.3, 0.4) is 0 Å². The predicted octanol–water partition coefficient (Wildman–Crippen LogP) is 1.87. The molecule has 2 saturated heterocycles. The van der Waals surface area contributed by atoms with Gasteiger partial charge < -0.3 is 4.74 Å². The van der Waals surface area contributed by atoms with Gasteiger partial charge in [-0.1, -0.05) is 11.3 Å². The van der Waals surface area contributed by atoms with Crippen LogP contribution in [0.25, 0.3) is 11.1 Å². The number of carbonyl (C=O) groups excluding carboxylic acids is 1. The van der Waals surface area contributed by atoms with Gasteiger partial charge in [-0.2, -0.15) is 5.26 Å². The number of benzene rings is 1. The minimum absolute atomic E-state index is 0.00606. The Morgan fingerprint density at radius 1 is 1.25 bits per heavy atom. The van der Waals surface area contributed by atoms with E-state index in [-0.39, 0.29) is 29.4 Å². The summed E-state index contributed by atoms with van der Waals surface area (Å²) in [7, 11) is -3.10. The topological polar surface area (TPSA) is 131 Å². The molecule has 4 atom stereocenters. The Labute approximate surface area is 205 Å². The summed E-state index contributed by atoms with van der Waals surface area (Å²) in [5.41, 5.74) is 1.85. The molecule has 1 saturated carbocycles. The van der Waals surface area contributed by atoms with Gasteiger partial charge in [-0.15, -0.1) is 5.10 Å². The molecule has 0 spiro atoms. The third-order valence-corrected chi connectivity index (χ3v) is 9.74. The molecule has 4 aliphatic rings. The fourth-order valence-electron chi connectivity index (χ4n) is 6.23. The number of ether oxygens (including phenoxy) is 1. The maximum Gasteiger partial charge on any atom is 0.415 e. The number of hydrogen-bond acceptors (Lipinski definition) is 8. The average Bonchev–Trinajstić information content (AvgIpc) is 3.40. The predicted molar refractivity (Wildman–Crippen MR) is 123 cm³/mol. The van der Waals surface area contributed by atoms with Crippen molar-refractivity contribution in [2.45, 2.75) is 30.5 Å². The van der Waals surface area contributed by atoms with Gasteiger partial charge >= 0.3 is 6.09 Å². The molecule has 3 aliphatic heterocycles. The first-order valence-electron chi connectivity index (χ1n) is 11.6. The number of cyclic esters (lactones) is 1. The zero-order chi connectivity index (χ0) is 24.8. The zero-order valence-corrected chi connectivity index (χ0v) is 19.6. The van der Waals surface area contributed by atoms with Crippen molar-refractivity contribution in [3.8, 4) is 17.2 Å². The number of nitriles is 1. The van der Waals surface area contributed by atoms with E-state index in [1.54, 1.807) is 35.3 Å². The fourth-order valence-corrected chi connectivity index (χ4v) is 8.45. The lowest BCUT2D eigenvalue weighted by molar-refractivity contribution is 0.117. The lowest BCUT2D eigenvalue weighted by atomic mass is 9.96. The number of anilines is 1. The van der Waals surface area contributed by atoms with E-state index >= 15 is 4.39 Å². The van der Waals surface area contributed by atoms with Crippen molar-refractivity contribution >= 4 is 21.6 Å². The summed E-state index contributed by atoms with van der Waals surface area (Å²) in [6.45, 7) is 0.353. The number of carbonyl (C=O) groups is 1.